The summed E-state index contributed by atoms with van der Waals surface area (Å²) in [4.78, 5) is 29.4. The molecule has 0 unspecified atom stereocenters. The van der Waals surface area contributed by atoms with E-state index in [1.165, 1.54) is 6.92 Å². The van der Waals surface area contributed by atoms with Crippen LogP contribution in [0.4, 0.5) is 0 Å². The molecule has 1 aromatic carbocycles. The third kappa shape index (κ3) is 4.52. The molecule has 1 N–H and O–H groups in total. The van der Waals surface area contributed by atoms with Crippen LogP contribution in [0.15, 0.2) is 47.2 Å². The zero-order valence-corrected chi connectivity index (χ0v) is 19.9. The lowest BCUT2D eigenvalue weighted by atomic mass is 9.90. The Hall–Kier alpha value is -2.84. The number of fused-ring (bicyclic) bond motifs is 1. The standard InChI is InChI=1S/C24H26N2O4S2/c1-15(27)25-18(21-6-4-10-31-21)14-23(28)26-9-8-16-12-19(29-2)20(30-3)13-17(16)24(26)22-7-5-11-32-22/h4-7,10-13,18,24H,8-9,14H2,1-3H3,(H,25,27)/t18-,24+/m1/s1. The summed E-state index contributed by atoms with van der Waals surface area (Å²) in [6.45, 7) is 2.08. The Morgan fingerprint density at radius 3 is 2.47 bits per heavy atom. The average Bonchev–Trinajstić information content (AvgIpc) is 3.50. The maximum absolute atomic E-state index is 13.6. The first kappa shape index (κ1) is 22.4. The van der Waals surface area contributed by atoms with Crippen molar-refractivity contribution in [2.45, 2.75) is 31.8 Å². The molecule has 3 aromatic rings. The number of amides is 2. The van der Waals surface area contributed by atoms with Crippen molar-refractivity contribution in [3.63, 3.8) is 0 Å². The molecule has 3 heterocycles. The number of carbonyl (C=O) groups excluding carboxylic acids is 2. The Morgan fingerprint density at radius 1 is 1.12 bits per heavy atom. The monoisotopic (exact) mass is 470 g/mol. The summed E-state index contributed by atoms with van der Waals surface area (Å²) >= 11 is 3.18. The first-order chi connectivity index (χ1) is 15.5. The number of ether oxygens (including phenoxy) is 2. The van der Waals surface area contributed by atoms with Crippen LogP contribution in [0, 0.1) is 0 Å². The molecule has 0 radical (unpaired) electrons. The molecule has 6 nitrogen and oxygen atoms in total. The van der Waals surface area contributed by atoms with E-state index in [0.29, 0.717) is 18.0 Å². The fraction of sp³-hybridized carbons (Fsp3) is 0.333. The molecule has 0 saturated carbocycles. The minimum Gasteiger partial charge on any atom is -0.493 e. The number of methoxy groups -OCH3 is 2. The largest absolute Gasteiger partial charge is 0.493 e. The molecule has 32 heavy (non-hydrogen) atoms. The van der Waals surface area contributed by atoms with Gasteiger partial charge in [0.15, 0.2) is 11.5 Å². The Balaban J connectivity index is 1.69. The van der Waals surface area contributed by atoms with Gasteiger partial charge in [-0.25, -0.2) is 0 Å². The molecule has 0 saturated heterocycles. The van der Waals surface area contributed by atoms with Crippen LogP contribution < -0.4 is 14.8 Å². The van der Waals surface area contributed by atoms with Gasteiger partial charge in [0, 0.05) is 23.2 Å². The maximum Gasteiger partial charge on any atom is 0.225 e. The van der Waals surface area contributed by atoms with Gasteiger partial charge in [0.1, 0.15) is 0 Å². The molecule has 0 aliphatic carbocycles. The normalized spacial score (nSPS) is 16.2. The summed E-state index contributed by atoms with van der Waals surface area (Å²) in [7, 11) is 3.25. The van der Waals surface area contributed by atoms with E-state index in [0.717, 1.165) is 27.3 Å². The molecule has 2 amide bonds. The molecule has 1 aliphatic rings. The van der Waals surface area contributed by atoms with Crippen molar-refractivity contribution in [3.8, 4) is 11.5 Å². The van der Waals surface area contributed by atoms with E-state index in [4.69, 9.17) is 9.47 Å². The number of hydrogen-bond acceptors (Lipinski definition) is 6. The summed E-state index contributed by atoms with van der Waals surface area (Å²) in [5, 5.41) is 6.93. The van der Waals surface area contributed by atoms with Crippen LogP contribution in [0.5, 0.6) is 11.5 Å². The van der Waals surface area contributed by atoms with Crippen LogP contribution in [0.3, 0.4) is 0 Å². The zero-order chi connectivity index (χ0) is 22.7. The summed E-state index contributed by atoms with van der Waals surface area (Å²) in [5.74, 6) is 1.21. The molecule has 2 aromatic heterocycles. The van der Waals surface area contributed by atoms with E-state index in [2.05, 4.69) is 11.4 Å². The lowest BCUT2D eigenvalue weighted by Crippen LogP contribution is -2.42. The van der Waals surface area contributed by atoms with Crippen molar-refractivity contribution in [3.05, 3.63) is 68.0 Å². The second kappa shape index (κ2) is 9.75. The topological polar surface area (TPSA) is 67.9 Å². The van der Waals surface area contributed by atoms with Gasteiger partial charge in [-0.1, -0.05) is 12.1 Å². The number of nitrogens with zero attached hydrogens (tertiary/aromatic N) is 1. The number of thiophene rings is 2. The van der Waals surface area contributed by atoms with E-state index in [9.17, 15) is 9.59 Å². The van der Waals surface area contributed by atoms with E-state index in [-0.39, 0.29) is 30.3 Å². The van der Waals surface area contributed by atoms with Crippen LogP contribution in [-0.4, -0.2) is 37.5 Å². The van der Waals surface area contributed by atoms with Gasteiger partial charge in [0.25, 0.3) is 0 Å². The van der Waals surface area contributed by atoms with Crippen molar-refractivity contribution in [1.29, 1.82) is 0 Å². The summed E-state index contributed by atoms with van der Waals surface area (Å²) < 4.78 is 11.0. The van der Waals surface area contributed by atoms with Crippen molar-refractivity contribution in [2.75, 3.05) is 20.8 Å². The van der Waals surface area contributed by atoms with Gasteiger partial charge in [-0.2, -0.15) is 0 Å². The molecule has 168 valence electrons. The summed E-state index contributed by atoms with van der Waals surface area (Å²) in [6.07, 6.45) is 0.942. The second-order valence-corrected chi connectivity index (χ2v) is 9.59. The summed E-state index contributed by atoms with van der Waals surface area (Å²) in [6, 6.07) is 11.4. The van der Waals surface area contributed by atoms with Gasteiger partial charge < -0.3 is 19.7 Å². The SMILES string of the molecule is COc1cc2c(cc1OC)[C@@H](c1cccs1)N(C(=O)C[C@@H](NC(C)=O)c1cccs1)CC2. The van der Waals surface area contributed by atoms with Gasteiger partial charge >= 0.3 is 0 Å². The third-order valence-corrected chi connectivity index (χ3v) is 7.56. The predicted molar refractivity (Wildman–Crippen MR) is 127 cm³/mol. The summed E-state index contributed by atoms with van der Waals surface area (Å²) in [5.41, 5.74) is 2.21. The molecule has 0 spiro atoms. The van der Waals surface area contributed by atoms with E-state index < -0.39 is 0 Å². The van der Waals surface area contributed by atoms with E-state index in [1.807, 2.05) is 46.0 Å². The average molecular weight is 471 g/mol. The van der Waals surface area contributed by atoms with Crippen molar-refractivity contribution < 1.29 is 19.1 Å². The molecule has 1 aliphatic heterocycles. The highest BCUT2D eigenvalue weighted by Gasteiger charge is 2.35. The lowest BCUT2D eigenvalue weighted by molar-refractivity contribution is -0.134. The molecule has 2 atom stereocenters. The van der Waals surface area contributed by atoms with Gasteiger partial charge in [-0.15, -0.1) is 22.7 Å². The Morgan fingerprint density at radius 2 is 1.84 bits per heavy atom. The van der Waals surface area contributed by atoms with Crippen molar-refractivity contribution in [2.24, 2.45) is 0 Å². The lowest BCUT2D eigenvalue weighted by Gasteiger charge is -2.38. The van der Waals surface area contributed by atoms with Crippen LogP contribution >= 0.6 is 22.7 Å². The quantitative estimate of drug-likeness (QED) is 0.549. The molecule has 4 rings (SSSR count). The molecular weight excluding hydrogens is 444 g/mol. The fourth-order valence-corrected chi connectivity index (χ4v) is 5.85. The first-order valence-electron chi connectivity index (χ1n) is 10.4. The van der Waals surface area contributed by atoms with Crippen LogP contribution in [0.1, 0.15) is 46.3 Å². The molecule has 8 heteroatoms. The van der Waals surface area contributed by atoms with Crippen molar-refractivity contribution >= 4 is 34.5 Å². The van der Waals surface area contributed by atoms with E-state index >= 15 is 0 Å². The number of benzene rings is 1. The Bertz CT molecular complexity index is 1080. The Labute approximate surface area is 195 Å². The van der Waals surface area contributed by atoms with Crippen LogP contribution in [0.25, 0.3) is 0 Å². The minimum atomic E-state index is -0.337. The third-order valence-electron chi connectivity index (χ3n) is 5.65. The molecular formula is C24H26N2O4S2. The van der Waals surface area contributed by atoms with Gasteiger partial charge in [0.05, 0.1) is 32.7 Å². The smallest absolute Gasteiger partial charge is 0.225 e. The molecule has 0 fully saturated rings. The van der Waals surface area contributed by atoms with Gasteiger partial charge in [0.2, 0.25) is 11.8 Å². The van der Waals surface area contributed by atoms with Gasteiger partial charge in [-0.3, -0.25) is 9.59 Å². The zero-order valence-electron chi connectivity index (χ0n) is 18.3. The predicted octanol–water partition coefficient (Wildman–Crippen LogP) is 4.57. The van der Waals surface area contributed by atoms with Crippen LogP contribution in [-0.2, 0) is 16.0 Å². The second-order valence-electron chi connectivity index (χ2n) is 7.63. The van der Waals surface area contributed by atoms with Crippen molar-refractivity contribution in [1.82, 2.24) is 10.2 Å². The highest BCUT2D eigenvalue weighted by Crippen LogP contribution is 2.42. The number of carbonyl (C=O) groups is 2. The number of nitrogens with one attached hydrogen (secondary N) is 1. The Kier molecular flexibility index (Phi) is 6.81. The van der Waals surface area contributed by atoms with Gasteiger partial charge in [-0.05, 0) is 52.6 Å². The highest BCUT2D eigenvalue weighted by molar-refractivity contribution is 7.10. The number of hydrogen-bond donors (Lipinski definition) is 1. The highest BCUT2D eigenvalue weighted by atomic mass is 32.1. The molecule has 0 bridgehead atoms. The first-order valence-corrected chi connectivity index (χ1v) is 12.2. The fourth-order valence-electron chi connectivity index (χ4n) is 4.22. The minimum absolute atomic E-state index is 0.0102. The maximum atomic E-state index is 13.6. The number of rotatable bonds is 7. The van der Waals surface area contributed by atoms with Crippen LogP contribution in [0.2, 0.25) is 0 Å². The van der Waals surface area contributed by atoms with E-state index in [1.54, 1.807) is 36.9 Å².